The zero-order valence-electron chi connectivity index (χ0n) is 19.8. The molecule has 0 aromatic heterocycles. The third-order valence-corrected chi connectivity index (χ3v) is 6.91. The molecule has 1 amide bonds. The Morgan fingerprint density at radius 2 is 1.79 bits per heavy atom. The Kier molecular flexibility index (Phi) is 7.77. The Morgan fingerprint density at radius 3 is 2.48 bits per heavy atom. The third-order valence-electron chi connectivity index (χ3n) is 6.91. The Balaban J connectivity index is 1.27. The normalized spacial score (nSPS) is 20.3. The number of amides is 1. The molecule has 2 fully saturated rings. The highest BCUT2D eigenvalue weighted by atomic mass is 16.2. The summed E-state index contributed by atoms with van der Waals surface area (Å²) in [7, 11) is 1.90. The molecule has 174 valence electrons. The van der Waals surface area contributed by atoms with Crippen LogP contribution in [0.4, 0.5) is 5.69 Å². The van der Waals surface area contributed by atoms with E-state index in [4.69, 9.17) is 5.26 Å². The van der Waals surface area contributed by atoms with Crippen molar-refractivity contribution in [3.8, 4) is 6.07 Å². The number of carbonyl (C=O) groups is 1. The lowest BCUT2D eigenvalue weighted by Crippen LogP contribution is -2.48. The number of hydrogen-bond donors (Lipinski definition) is 1. The van der Waals surface area contributed by atoms with E-state index in [2.05, 4.69) is 58.4 Å². The largest absolute Gasteiger partial charge is 0.315 e. The summed E-state index contributed by atoms with van der Waals surface area (Å²) in [4.78, 5) is 19.8. The van der Waals surface area contributed by atoms with Crippen LogP contribution in [-0.2, 0) is 17.9 Å². The van der Waals surface area contributed by atoms with Crippen LogP contribution in [0.15, 0.2) is 48.5 Å². The topological polar surface area (TPSA) is 62.6 Å². The van der Waals surface area contributed by atoms with Gasteiger partial charge < -0.3 is 10.2 Å². The highest BCUT2D eigenvalue weighted by molar-refractivity contribution is 5.94. The summed E-state index contributed by atoms with van der Waals surface area (Å²) in [5.74, 6) is 0.281. The van der Waals surface area contributed by atoms with Crippen molar-refractivity contribution in [2.24, 2.45) is 5.92 Å². The highest BCUT2D eigenvalue weighted by Crippen LogP contribution is 2.24. The molecule has 0 bridgehead atoms. The van der Waals surface area contributed by atoms with Gasteiger partial charge in [-0.25, -0.2) is 0 Å². The van der Waals surface area contributed by atoms with Crippen molar-refractivity contribution < 1.29 is 4.79 Å². The Morgan fingerprint density at radius 1 is 1.06 bits per heavy atom. The van der Waals surface area contributed by atoms with Crippen LogP contribution >= 0.6 is 0 Å². The van der Waals surface area contributed by atoms with Crippen LogP contribution in [0.1, 0.15) is 36.5 Å². The van der Waals surface area contributed by atoms with Crippen molar-refractivity contribution in [3.05, 3.63) is 65.2 Å². The highest BCUT2D eigenvalue weighted by Gasteiger charge is 2.28. The van der Waals surface area contributed by atoms with Crippen LogP contribution in [0, 0.1) is 17.2 Å². The second-order valence-corrected chi connectivity index (χ2v) is 9.52. The molecule has 33 heavy (non-hydrogen) atoms. The summed E-state index contributed by atoms with van der Waals surface area (Å²) in [5.41, 5.74) is 4.12. The van der Waals surface area contributed by atoms with Crippen molar-refractivity contribution in [2.45, 2.75) is 38.9 Å². The van der Waals surface area contributed by atoms with E-state index in [-0.39, 0.29) is 11.8 Å². The van der Waals surface area contributed by atoms with E-state index in [0.717, 1.165) is 69.9 Å². The van der Waals surface area contributed by atoms with Crippen LogP contribution < -0.4 is 10.2 Å². The Labute approximate surface area is 197 Å². The number of nitrogens with zero attached hydrogens (tertiary/aromatic N) is 4. The summed E-state index contributed by atoms with van der Waals surface area (Å²) < 4.78 is 0. The predicted molar refractivity (Wildman–Crippen MR) is 132 cm³/mol. The summed E-state index contributed by atoms with van der Waals surface area (Å²) >= 11 is 0. The Hall–Kier alpha value is -2.72. The first-order valence-corrected chi connectivity index (χ1v) is 12.1. The molecule has 6 nitrogen and oxygen atoms in total. The average molecular weight is 446 g/mol. The molecule has 0 spiro atoms. The number of hydrogen-bond acceptors (Lipinski definition) is 5. The van der Waals surface area contributed by atoms with Crippen LogP contribution in [0.2, 0.25) is 0 Å². The minimum absolute atomic E-state index is 0.0682. The fourth-order valence-electron chi connectivity index (χ4n) is 4.98. The lowest BCUT2D eigenvalue weighted by molar-refractivity contribution is -0.123. The smallest absolute Gasteiger partial charge is 0.229 e. The van der Waals surface area contributed by atoms with E-state index in [1.807, 2.05) is 30.1 Å². The first-order valence-electron chi connectivity index (χ1n) is 12.1. The Bertz CT molecular complexity index is 975. The molecular formula is C27H35N5O. The molecule has 2 heterocycles. The van der Waals surface area contributed by atoms with Gasteiger partial charge in [-0.15, -0.1) is 0 Å². The van der Waals surface area contributed by atoms with Gasteiger partial charge in [0.25, 0.3) is 0 Å². The van der Waals surface area contributed by atoms with Gasteiger partial charge in [0.1, 0.15) is 0 Å². The quantitative estimate of drug-likeness (QED) is 0.740. The minimum atomic E-state index is 0.0682. The SMILES string of the molecule is C[C@H]1CN(Cc2ccc(N(C)C(=O)C3CCN(Cc4cccc(C#N)c4)CC3)cc2)CCN1. The second-order valence-electron chi connectivity index (χ2n) is 9.52. The van der Waals surface area contributed by atoms with Gasteiger partial charge in [0.15, 0.2) is 0 Å². The van der Waals surface area contributed by atoms with E-state index < -0.39 is 0 Å². The molecule has 2 saturated heterocycles. The maximum Gasteiger partial charge on any atom is 0.229 e. The lowest BCUT2D eigenvalue weighted by Gasteiger charge is -2.33. The van der Waals surface area contributed by atoms with Gasteiger partial charge in [-0.05, 0) is 68.2 Å². The number of carbonyl (C=O) groups excluding carboxylic acids is 1. The van der Waals surface area contributed by atoms with E-state index >= 15 is 0 Å². The molecule has 4 rings (SSSR count). The molecule has 2 aliphatic rings. The van der Waals surface area contributed by atoms with Gasteiger partial charge in [0, 0.05) is 57.4 Å². The fourth-order valence-corrected chi connectivity index (χ4v) is 4.98. The van der Waals surface area contributed by atoms with Gasteiger partial charge >= 0.3 is 0 Å². The monoisotopic (exact) mass is 445 g/mol. The molecule has 0 unspecified atom stereocenters. The maximum absolute atomic E-state index is 13.1. The van der Waals surface area contributed by atoms with Crippen LogP contribution in [0.25, 0.3) is 0 Å². The van der Waals surface area contributed by atoms with Gasteiger partial charge in [-0.3, -0.25) is 14.6 Å². The number of nitrogens with one attached hydrogen (secondary N) is 1. The van der Waals surface area contributed by atoms with Gasteiger partial charge in [-0.2, -0.15) is 5.26 Å². The molecule has 2 aliphatic heterocycles. The lowest BCUT2D eigenvalue weighted by atomic mass is 9.94. The van der Waals surface area contributed by atoms with E-state index in [0.29, 0.717) is 11.6 Å². The van der Waals surface area contributed by atoms with Crippen LogP contribution in [0.5, 0.6) is 0 Å². The molecular weight excluding hydrogens is 410 g/mol. The zero-order valence-corrected chi connectivity index (χ0v) is 19.8. The number of likely N-dealkylation sites (tertiary alicyclic amines) is 1. The molecule has 0 saturated carbocycles. The zero-order chi connectivity index (χ0) is 23.2. The van der Waals surface area contributed by atoms with E-state index in [9.17, 15) is 4.79 Å². The first kappa shape index (κ1) is 23.4. The number of piperidine rings is 1. The average Bonchev–Trinajstić information content (AvgIpc) is 2.84. The summed E-state index contributed by atoms with van der Waals surface area (Å²) in [6.45, 7) is 9.02. The number of benzene rings is 2. The summed E-state index contributed by atoms with van der Waals surface area (Å²) in [5, 5.41) is 12.6. The number of anilines is 1. The molecule has 0 aliphatic carbocycles. The van der Waals surface area contributed by atoms with Crippen LogP contribution in [-0.4, -0.2) is 61.5 Å². The molecule has 1 atom stereocenters. The van der Waals surface area contributed by atoms with E-state index in [1.54, 1.807) is 0 Å². The minimum Gasteiger partial charge on any atom is -0.315 e. The van der Waals surface area contributed by atoms with Gasteiger partial charge in [0.2, 0.25) is 5.91 Å². The van der Waals surface area contributed by atoms with Crippen molar-refractivity contribution in [1.82, 2.24) is 15.1 Å². The summed E-state index contributed by atoms with van der Waals surface area (Å²) in [6.07, 6.45) is 1.75. The van der Waals surface area contributed by atoms with E-state index in [1.165, 1.54) is 5.56 Å². The molecule has 0 radical (unpaired) electrons. The fraction of sp³-hybridized carbons (Fsp3) is 0.481. The molecule has 1 N–H and O–H groups in total. The van der Waals surface area contributed by atoms with Crippen molar-refractivity contribution in [2.75, 3.05) is 44.7 Å². The number of nitriles is 1. The summed E-state index contributed by atoms with van der Waals surface area (Å²) in [6, 6.07) is 19.0. The standard InChI is InChI=1S/C27H35N5O/c1-21-18-32(15-12-29-21)19-22-6-8-26(9-7-22)30(2)27(33)25-10-13-31(14-11-25)20-24-5-3-4-23(16-24)17-28/h3-9,16,21,25,29H,10-15,18-20H2,1-2H3/t21-/m0/s1. The van der Waals surface area contributed by atoms with Gasteiger partial charge in [-0.1, -0.05) is 24.3 Å². The molecule has 6 heteroatoms. The van der Waals surface area contributed by atoms with Crippen molar-refractivity contribution in [3.63, 3.8) is 0 Å². The van der Waals surface area contributed by atoms with Crippen molar-refractivity contribution >= 4 is 11.6 Å². The molecule has 2 aromatic carbocycles. The second kappa shape index (κ2) is 10.9. The predicted octanol–water partition coefficient (Wildman–Crippen LogP) is 3.23. The van der Waals surface area contributed by atoms with Crippen LogP contribution in [0.3, 0.4) is 0 Å². The molecule has 2 aromatic rings. The first-order chi connectivity index (χ1) is 16.0. The maximum atomic E-state index is 13.1. The number of rotatable bonds is 6. The third kappa shape index (κ3) is 6.20. The number of piperazine rings is 1. The van der Waals surface area contributed by atoms with Crippen molar-refractivity contribution in [1.29, 1.82) is 5.26 Å². The van der Waals surface area contributed by atoms with Gasteiger partial charge in [0.05, 0.1) is 11.6 Å².